The van der Waals surface area contributed by atoms with E-state index >= 15 is 0 Å². The van der Waals surface area contributed by atoms with E-state index in [1.54, 1.807) is 12.1 Å². The van der Waals surface area contributed by atoms with Crippen molar-refractivity contribution in [3.8, 4) is 0 Å². The van der Waals surface area contributed by atoms with Crippen molar-refractivity contribution in [2.45, 2.75) is 39.8 Å². The fourth-order valence-electron chi connectivity index (χ4n) is 4.24. The SMILES string of the molecule is CCNC(=O)[C@@H](CC)N(Cc1cccc(C)c1)C(=O)CN(c1cccc2ccccc12)S(C)(=O)=O. The highest BCUT2D eigenvalue weighted by Crippen LogP contribution is 2.28. The quantitative estimate of drug-likeness (QED) is 0.463. The number of sulfonamides is 1. The van der Waals surface area contributed by atoms with E-state index in [0.29, 0.717) is 18.7 Å². The molecule has 0 heterocycles. The lowest BCUT2D eigenvalue weighted by atomic mass is 10.1. The van der Waals surface area contributed by atoms with Gasteiger partial charge in [0.25, 0.3) is 0 Å². The molecule has 1 N–H and O–H groups in total. The third kappa shape index (κ3) is 6.39. The van der Waals surface area contributed by atoms with E-state index < -0.39 is 28.5 Å². The van der Waals surface area contributed by atoms with Crippen molar-refractivity contribution in [1.82, 2.24) is 10.2 Å². The van der Waals surface area contributed by atoms with Crippen molar-refractivity contribution >= 4 is 38.3 Å². The molecule has 3 aromatic carbocycles. The Labute approximate surface area is 207 Å². The number of likely N-dealkylation sites (N-methyl/N-ethyl adjacent to an activating group) is 1. The first-order chi connectivity index (χ1) is 16.7. The van der Waals surface area contributed by atoms with Gasteiger partial charge in [-0.2, -0.15) is 0 Å². The van der Waals surface area contributed by atoms with Gasteiger partial charge in [0.2, 0.25) is 21.8 Å². The van der Waals surface area contributed by atoms with Crippen LogP contribution in [0.2, 0.25) is 0 Å². The van der Waals surface area contributed by atoms with E-state index in [4.69, 9.17) is 0 Å². The number of hydrogen-bond donors (Lipinski definition) is 1. The molecule has 0 aliphatic rings. The van der Waals surface area contributed by atoms with Crippen LogP contribution in [0.15, 0.2) is 66.7 Å². The maximum absolute atomic E-state index is 13.7. The number of aryl methyl sites for hydroxylation is 1. The summed E-state index contributed by atoms with van der Waals surface area (Å²) in [6.45, 7) is 5.85. The number of anilines is 1. The molecule has 7 nitrogen and oxygen atoms in total. The Balaban J connectivity index is 2.03. The highest BCUT2D eigenvalue weighted by atomic mass is 32.2. The zero-order valence-corrected chi connectivity index (χ0v) is 21.5. The lowest BCUT2D eigenvalue weighted by Gasteiger charge is -2.33. The van der Waals surface area contributed by atoms with Crippen LogP contribution in [0.1, 0.15) is 31.4 Å². The van der Waals surface area contributed by atoms with Gasteiger partial charge >= 0.3 is 0 Å². The number of hydrogen-bond acceptors (Lipinski definition) is 4. The topological polar surface area (TPSA) is 86.8 Å². The molecule has 35 heavy (non-hydrogen) atoms. The van der Waals surface area contributed by atoms with Crippen molar-refractivity contribution < 1.29 is 18.0 Å². The van der Waals surface area contributed by atoms with E-state index in [-0.39, 0.29) is 12.5 Å². The first-order valence-electron chi connectivity index (χ1n) is 11.7. The summed E-state index contributed by atoms with van der Waals surface area (Å²) >= 11 is 0. The van der Waals surface area contributed by atoms with Gasteiger partial charge in [-0.25, -0.2) is 8.42 Å². The molecule has 3 rings (SSSR count). The number of benzene rings is 3. The molecule has 186 valence electrons. The summed E-state index contributed by atoms with van der Waals surface area (Å²) in [6.07, 6.45) is 1.49. The van der Waals surface area contributed by atoms with Crippen molar-refractivity contribution in [3.05, 3.63) is 77.9 Å². The number of carbonyl (C=O) groups is 2. The predicted molar refractivity (Wildman–Crippen MR) is 141 cm³/mol. The zero-order valence-electron chi connectivity index (χ0n) is 20.7. The Morgan fingerprint density at radius 2 is 1.66 bits per heavy atom. The third-order valence-electron chi connectivity index (χ3n) is 5.89. The summed E-state index contributed by atoms with van der Waals surface area (Å²) in [5.74, 6) is -0.699. The van der Waals surface area contributed by atoms with Crippen molar-refractivity contribution in [2.75, 3.05) is 23.7 Å². The number of rotatable bonds is 10. The van der Waals surface area contributed by atoms with Crippen LogP contribution in [-0.4, -0.2) is 50.5 Å². The Hall–Kier alpha value is -3.39. The average molecular weight is 496 g/mol. The van der Waals surface area contributed by atoms with Crippen molar-refractivity contribution in [1.29, 1.82) is 0 Å². The molecule has 0 aliphatic heterocycles. The second-order valence-corrected chi connectivity index (χ2v) is 10.5. The third-order valence-corrected chi connectivity index (χ3v) is 7.01. The second kappa shape index (κ2) is 11.4. The van der Waals surface area contributed by atoms with Gasteiger partial charge in [-0.05, 0) is 37.3 Å². The summed E-state index contributed by atoms with van der Waals surface area (Å²) in [4.78, 5) is 28.1. The van der Waals surface area contributed by atoms with Crippen molar-refractivity contribution in [3.63, 3.8) is 0 Å². The molecule has 2 amide bonds. The van der Waals surface area contributed by atoms with Crippen LogP contribution in [0.4, 0.5) is 5.69 Å². The number of fused-ring (bicyclic) bond motifs is 1. The van der Waals surface area contributed by atoms with Gasteiger partial charge in [0.05, 0.1) is 11.9 Å². The Morgan fingerprint density at radius 1 is 0.971 bits per heavy atom. The minimum absolute atomic E-state index is 0.198. The molecular formula is C27H33N3O4S. The summed E-state index contributed by atoms with van der Waals surface area (Å²) in [7, 11) is -3.80. The molecule has 3 aromatic rings. The van der Waals surface area contributed by atoms with E-state index in [1.165, 1.54) is 4.90 Å². The van der Waals surface area contributed by atoms with Crippen LogP contribution in [0.5, 0.6) is 0 Å². The molecular weight excluding hydrogens is 462 g/mol. The molecule has 0 aromatic heterocycles. The van der Waals surface area contributed by atoms with Gasteiger partial charge in [-0.1, -0.05) is 73.2 Å². The summed E-state index contributed by atoms with van der Waals surface area (Å²) in [6, 6.07) is 19.8. The molecule has 0 aliphatic carbocycles. The Kier molecular flexibility index (Phi) is 8.51. The highest BCUT2D eigenvalue weighted by molar-refractivity contribution is 7.92. The first kappa shape index (κ1) is 26.2. The van der Waals surface area contributed by atoms with Crippen LogP contribution < -0.4 is 9.62 Å². The van der Waals surface area contributed by atoms with Crippen LogP contribution in [0.3, 0.4) is 0 Å². The molecule has 0 radical (unpaired) electrons. The van der Waals surface area contributed by atoms with Crippen LogP contribution >= 0.6 is 0 Å². The smallest absolute Gasteiger partial charge is 0.244 e. The molecule has 0 fully saturated rings. The highest BCUT2D eigenvalue weighted by Gasteiger charge is 2.32. The van der Waals surface area contributed by atoms with Crippen molar-refractivity contribution in [2.24, 2.45) is 0 Å². The predicted octanol–water partition coefficient (Wildman–Crippen LogP) is 3.86. The molecule has 0 saturated carbocycles. The van der Waals surface area contributed by atoms with Gasteiger partial charge in [-0.15, -0.1) is 0 Å². The lowest BCUT2D eigenvalue weighted by Crippen LogP contribution is -2.52. The molecule has 0 spiro atoms. The fraction of sp³-hybridized carbons (Fsp3) is 0.333. The maximum atomic E-state index is 13.7. The molecule has 1 atom stereocenters. The average Bonchev–Trinajstić information content (AvgIpc) is 2.81. The summed E-state index contributed by atoms with van der Waals surface area (Å²) in [5.41, 5.74) is 2.34. The van der Waals surface area contributed by atoms with Crippen LogP contribution in [-0.2, 0) is 26.2 Å². The minimum atomic E-state index is -3.80. The lowest BCUT2D eigenvalue weighted by molar-refractivity contribution is -0.140. The summed E-state index contributed by atoms with van der Waals surface area (Å²) < 4.78 is 26.9. The van der Waals surface area contributed by atoms with Crippen LogP contribution in [0, 0.1) is 6.92 Å². The number of amides is 2. The van der Waals surface area contributed by atoms with E-state index in [0.717, 1.165) is 32.5 Å². The normalized spacial score (nSPS) is 12.2. The molecule has 0 saturated heterocycles. The zero-order chi connectivity index (χ0) is 25.6. The minimum Gasteiger partial charge on any atom is -0.355 e. The largest absolute Gasteiger partial charge is 0.355 e. The van der Waals surface area contributed by atoms with Gasteiger partial charge in [0.1, 0.15) is 12.6 Å². The number of nitrogens with zero attached hydrogens (tertiary/aromatic N) is 2. The van der Waals surface area contributed by atoms with Gasteiger partial charge in [0.15, 0.2) is 0 Å². The monoisotopic (exact) mass is 495 g/mol. The second-order valence-electron chi connectivity index (χ2n) is 8.60. The maximum Gasteiger partial charge on any atom is 0.244 e. The van der Waals surface area contributed by atoms with Gasteiger partial charge < -0.3 is 10.2 Å². The van der Waals surface area contributed by atoms with Crippen LogP contribution in [0.25, 0.3) is 10.8 Å². The molecule has 0 unspecified atom stereocenters. The molecule has 8 heteroatoms. The Bertz CT molecular complexity index is 1300. The van der Waals surface area contributed by atoms with Gasteiger partial charge in [-0.3, -0.25) is 13.9 Å². The summed E-state index contributed by atoms with van der Waals surface area (Å²) in [5, 5.41) is 4.41. The van der Waals surface area contributed by atoms with E-state index in [2.05, 4.69) is 5.32 Å². The van der Waals surface area contributed by atoms with E-state index in [9.17, 15) is 18.0 Å². The standard InChI is InChI=1S/C27H33N3O4S/c1-5-24(27(32)28-6-2)29(18-21-12-9-11-20(3)17-21)26(31)19-30(35(4,33)34)25-16-10-14-22-13-7-8-15-23(22)25/h7-17,24H,5-6,18-19H2,1-4H3,(H,28,32)/t24-/m1/s1. The first-order valence-corrected chi connectivity index (χ1v) is 13.6. The van der Waals surface area contributed by atoms with Gasteiger partial charge in [0, 0.05) is 18.5 Å². The fourth-order valence-corrected chi connectivity index (χ4v) is 5.10. The Morgan fingerprint density at radius 3 is 2.31 bits per heavy atom. The molecule has 0 bridgehead atoms. The van der Waals surface area contributed by atoms with E-state index in [1.807, 2.05) is 75.4 Å². The number of nitrogens with one attached hydrogen (secondary N) is 1. The number of carbonyl (C=O) groups excluding carboxylic acids is 2.